The van der Waals surface area contributed by atoms with Crippen molar-refractivity contribution in [2.45, 2.75) is 19.4 Å². The average molecular weight is 299 g/mol. The largest absolute Gasteiger partial charge is 0.352 e. The highest BCUT2D eigenvalue weighted by atomic mass is 35.5. The van der Waals surface area contributed by atoms with Crippen molar-refractivity contribution >= 4 is 17.5 Å². The molecule has 0 atom stereocenters. The molecule has 0 fully saturated rings. The highest BCUT2D eigenvalue weighted by molar-refractivity contribution is 6.30. The monoisotopic (exact) mass is 298 g/mol. The van der Waals surface area contributed by atoms with E-state index in [0.29, 0.717) is 30.0 Å². The molecule has 0 bridgehead atoms. The molecule has 2 aromatic rings. The van der Waals surface area contributed by atoms with E-state index in [0.717, 1.165) is 11.1 Å². The molecule has 0 heterocycles. The van der Waals surface area contributed by atoms with Crippen LogP contribution >= 0.6 is 11.6 Å². The van der Waals surface area contributed by atoms with Gasteiger partial charge in [0, 0.05) is 18.0 Å². The summed E-state index contributed by atoms with van der Waals surface area (Å²) in [5, 5.41) is 12.3. The van der Waals surface area contributed by atoms with Crippen LogP contribution < -0.4 is 5.32 Å². The molecular weight excluding hydrogens is 284 g/mol. The molecule has 0 saturated heterocycles. The molecule has 2 aromatic carbocycles. The number of nitrogens with one attached hydrogen (secondary N) is 1. The number of carbonyl (C=O) groups is 1. The summed E-state index contributed by atoms with van der Waals surface area (Å²) in [6, 6.07) is 16.8. The van der Waals surface area contributed by atoms with Gasteiger partial charge in [-0.15, -0.1) is 0 Å². The van der Waals surface area contributed by atoms with Crippen molar-refractivity contribution in [2.75, 3.05) is 0 Å². The highest BCUT2D eigenvalue weighted by Crippen LogP contribution is 2.10. The van der Waals surface area contributed by atoms with E-state index < -0.39 is 0 Å². The van der Waals surface area contributed by atoms with Gasteiger partial charge >= 0.3 is 0 Å². The van der Waals surface area contributed by atoms with Gasteiger partial charge in [0.1, 0.15) is 0 Å². The zero-order valence-corrected chi connectivity index (χ0v) is 12.2. The van der Waals surface area contributed by atoms with Gasteiger partial charge in [-0.1, -0.05) is 35.9 Å². The summed E-state index contributed by atoms with van der Waals surface area (Å²) in [6.07, 6.45) is 1.08. The maximum absolute atomic E-state index is 11.8. The first kappa shape index (κ1) is 15.1. The minimum Gasteiger partial charge on any atom is -0.352 e. The number of rotatable bonds is 5. The van der Waals surface area contributed by atoms with Crippen molar-refractivity contribution in [3.8, 4) is 6.07 Å². The Bertz CT molecular complexity index is 659. The maximum atomic E-state index is 11.8. The summed E-state index contributed by atoms with van der Waals surface area (Å²) in [6.45, 7) is 0.479. The molecule has 106 valence electrons. The smallest absolute Gasteiger partial charge is 0.220 e. The third-order valence-electron chi connectivity index (χ3n) is 3.10. The van der Waals surface area contributed by atoms with Gasteiger partial charge in [-0.05, 0) is 41.8 Å². The Morgan fingerprint density at radius 3 is 2.57 bits per heavy atom. The standard InChI is InChI=1S/C17H15ClN2O/c18-16-3-1-2-15(10-16)12-20-17(21)9-8-13-4-6-14(11-19)7-5-13/h1-7,10H,8-9,12H2,(H,20,21). The van der Waals surface area contributed by atoms with Crippen LogP contribution in [0, 0.1) is 11.3 Å². The molecule has 0 aromatic heterocycles. The van der Waals surface area contributed by atoms with Gasteiger partial charge in [0.25, 0.3) is 0 Å². The Kier molecular flexibility index (Phi) is 5.36. The molecule has 0 spiro atoms. The van der Waals surface area contributed by atoms with Crippen LogP contribution in [0.2, 0.25) is 5.02 Å². The van der Waals surface area contributed by atoms with Gasteiger partial charge < -0.3 is 5.32 Å². The van der Waals surface area contributed by atoms with Gasteiger partial charge in [0.2, 0.25) is 5.91 Å². The number of benzene rings is 2. The number of hydrogen-bond donors (Lipinski definition) is 1. The van der Waals surface area contributed by atoms with Crippen LogP contribution in [-0.2, 0) is 17.8 Å². The molecule has 0 aliphatic carbocycles. The molecule has 1 N–H and O–H groups in total. The van der Waals surface area contributed by atoms with Gasteiger partial charge in [-0.2, -0.15) is 5.26 Å². The lowest BCUT2D eigenvalue weighted by atomic mass is 10.1. The fourth-order valence-corrected chi connectivity index (χ4v) is 2.15. The topological polar surface area (TPSA) is 52.9 Å². The van der Waals surface area contributed by atoms with Crippen molar-refractivity contribution in [1.29, 1.82) is 5.26 Å². The number of nitriles is 1. The van der Waals surface area contributed by atoms with E-state index in [4.69, 9.17) is 16.9 Å². The summed E-state index contributed by atoms with van der Waals surface area (Å²) in [4.78, 5) is 11.8. The fourth-order valence-electron chi connectivity index (χ4n) is 1.94. The lowest BCUT2D eigenvalue weighted by Gasteiger charge is -2.06. The van der Waals surface area contributed by atoms with Gasteiger partial charge in [-0.25, -0.2) is 0 Å². The Labute approximate surface area is 129 Å². The number of amides is 1. The Balaban J connectivity index is 1.78. The highest BCUT2D eigenvalue weighted by Gasteiger charge is 2.03. The zero-order valence-electron chi connectivity index (χ0n) is 11.5. The van der Waals surface area contributed by atoms with Gasteiger partial charge in [0.05, 0.1) is 11.6 Å². The lowest BCUT2D eigenvalue weighted by molar-refractivity contribution is -0.121. The van der Waals surface area contributed by atoms with Crippen LogP contribution in [0.15, 0.2) is 48.5 Å². The predicted molar refractivity (Wildman–Crippen MR) is 82.8 cm³/mol. The van der Waals surface area contributed by atoms with E-state index in [1.54, 1.807) is 18.2 Å². The second kappa shape index (κ2) is 7.47. The summed E-state index contributed by atoms with van der Waals surface area (Å²) < 4.78 is 0. The predicted octanol–water partition coefficient (Wildman–Crippen LogP) is 3.46. The third-order valence-corrected chi connectivity index (χ3v) is 3.34. The molecule has 0 aliphatic rings. The summed E-state index contributed by atoms with van der Waals surface area (Å²) in [7, 11) is 0. The van der Waals surface area contributed by atoms with E-state index in [2.05, 4.69) is 11.4 Å². The minimum absolute atomic E-state index is 0.000616. The SMILES string of the molecule is N#Cc1ccc(CCC(=O)NCc2cccc(Cl)c2)cc1. The van der Waals surface area contributed by atoms with Crippen molar-refractivity contribution < 1.29 is 4.79 Å². The van der Waals surface area contributed by atoms with Crippen molar-refractivity contribution in [3.05, 3.63) is 70.2 Å². The number of carbonyl (C=O) groups excluding carboxylic acids is 1. The Hall–Kier alpha value is -2.31. The minimum atomic E-state index is -0.000616. The second-order valence-electron chi connectivity index (χ2n) is 4.72. The van der Waals surface area contributed by atoms with Crippen LogP contribution in [0.5, 0.6) is 0 Å². The van der Waals surface area contributed by atoms with Crippen molar-refractivity contribution in [3.63, 3.8) is 0 Å². The van der Waals surface area contributed by atoms with Crippen LogP contribution in [0.25, 0.3) is 0 Å². The van der Waals surface area contributed by atoms with Crippen LogP contribution in [-0.4, -0.2) is 5.91 Å². The van der Waals surface area contributed by atoms with Crippen molar-refractivity contribution in [2.24, 2.45) is 0 Å². The zero-order chi connectivity index (χ0) is 15.1. The molecule has 0 radical (unpaired) electrons. The Morgan fingerprint density at radius 1 is 1.14 bits per heavy atom. The summed E-state index contributed by atoms with van der Waals surface area (Å²) in [5.41, 5.74) is 2.66. The van der Waals surface area contributed by atoms with E-state index in [1.807, 2.05) is 30.3 Å². The van der Waals surface area contributed by atoms with E-state index >= 15 is 0 Å². The number of halogens is 1. The van der Waals surface area contributed by atoms with Gasteiger partial charge in [-0.3, -0.25) is 4.79 Å². The number of hydrogen-bond acceptors (Lipinski definition) is 2. The van der Waals surface area contributed by atoms with Gasteiger partial charge in [0.15, 0.2) is 0 Å². The fraction of sp³-hybridized carbons (Fsp3) is 0.176. The molecule has 1 amide bonds. The lowest BCUT2D eigenvalue weighted by Crippen LogP contribution is -2.22. The molecule has 4 heteroatoms. The van der Waals surface area contributed by atoms with E-state index in [-0.39, 0.29) is 5.91 Å². The second-order valence-corrected chi connectivity index (χ2v) is 5.15. The van der Waals surface area contributed by atoms with E-state index in [9.17, 15) is 4.79 Å². The molecule has 0 aliphatic heterocycles. The third kappa shape index (κ3) is 4.94. The average Bonchev–Trinajstić information content (AvgIpc) is 2.51. The van der Waals surface area contributed by atoms with E-state index in [1.165, 1.54) is 0 Å². The first-order valence-electron chi connectivity index (χ1n) is 6.67. The molecule has 3 nitrogen and oxygen atoms in total. The summed E-state index contributed by atoms with van der Waals surface area (Å²) in [5.74, 6) is -0.000616. The summed E-state index contributed by atoms with van der Waals surface area (Å²) >= 11 is 5.89. The molecule has 0 unspecified atom stereocenters. The molecule has 2 rings (SSSR count). The number of aryl methyl sites for hydroxylation is 1. The molecule has 0 saturated carbocycles. The maximum Gasteiger partial charge on any atom is 0.220 e. The van der Waals surface area contributed by atoms with Crippen LogP contribution in [0.3, 0.4) is 0 Å². The first-order chi connectivity index (χ1) is 10.2. The van der Waals surface area contributed by atoms with Crippen LogP contribution in [0.1, 0.15) is 23.1 Å². The van der Waals surface area contributed by atoms with Crippen molar-refractivity contribution in [1.82, 2.24) is 5.32 Å². The quantitative estimate of drug-likeness (QED) is 0.919. The van der Waals surface area contributed by atoms with Crippen LogP contribution in [0.4, 0.5) is 0 Å². The molecule has 21 heavy (non-hydrogen) atoms. The first-order valence-corrected chi connectivity index (χ1v) is 7.05. The molecular formula is C17H15ClN2O. The Morgan fingerprint density at radius 2 is 1.90 bits per heavy atom. The normalized spacial score (nSPS) is 9.90. The number of nitrogens with zero attached hydrogens (tertiary/aromatic N) is 1.